The minimum Gasteiger partial charge on any atom is -0.497 e. The van der Waals surface area contributed by atoms with Gasteiger partial charge in [-0.05, 0) is 37.0 Å². The first-order valence-corrected chi connectivity index (χ1v) is 11.0. The van der Waals surface area contributed by atoms with E-state index in [-0.39, 0.29) is 23.6 Å². The first kappa shape index (κ1) is 22.1. The molecule has 0 radical (unpaired) electrons. The number of benzene rings is 1. The van der Waals surface area contributed by atoms with Crippen molar-refractivity contribution in [3.8, 4) is 5.75 Å². The maximum atomic E-state index is 12.9. The van der Waals surface area contributed by atoms with Gasteiger partial charge in [-0.3, -0.25) is 14.4 Å². The average molecular weight is 416 g/mol. The lowest BCUT2D eigenvalue weighted by atomic mass is 9.94. The van der Waals surface area contributed by atoms with Crippen LogP contribution in [0.15, 0.2) is 24.3 Å². The molecule has 1 aromatic rings. The van der Waals surface area contributed by atoms with Crippen molar-refractivity contribution >= 4 is 17.7 Å². The Hall–Kier alpha value is -2.57. The van der Waals surface area contributed by atoms with Crippen LogP contribution in [0, 0.1) is 5.92 Å². The van der Waals surface area contributed by atoms with E-state index in [4.69, 9.17) is 4.74 Å². The monoisotopic (exact) mass is 415 g/mol. The topological polar surface area (TPSA) is 70.2 Å². The highest BCUT2D eigenvalue weighted by molar-refractivity contribution is 5.82. The van der Waals surface area contributed by atoms with Crippen molar-refractivity contribution in [3.05, 3.63) is 29.8 Å². The van der Waals surface area contributed by atoms with E-state index in [0.717, 1.165) is 30.6 Å². The molecule has 0 atom stereocenters. The molecule has 0 aromatic heterocycles. The molecule has 1 aromatic carbocycles. The molecule has 2 saturated heterocycles. The van der Waals surface area contributed by atoms with E-state index in [1.54, 1.807) is 7.11 Å². The molecule has 7 nitrogen and oxygen atoms in total. The Morgan fingerprint density at radius 1 is 0.933 bits per heavy atom. The lowest BCUT2D eigenvalue weighted by Gasteiger charge is -2.38. The van der Waals surface area contributed by atoms with Gasteiger partial charge in [0.05, 0.1) is 13.5 Å². The molecule has 2 aliphatic heterocycles. The molecule has 7 heteroatoms. The van der Waals surface area contributed by atoms with E-state index < -0.39 is 0 Å². The van der Waals surface area contributed by atoms with Crippen LogP contribution in [0.5, 0.6) is 5.75 Å². The van der Waals surface area contributed by atoms with Crippen LogP contribution in [-0.4, -0.2) is 78.8 Å². The van der Waals surface area contributed by atoms with Crippen molar-refractivity contribution in [1.29, 1.82) is 0 Å². The Bertz CT molecular complexity index is 751. The van der Waals surface area contributed by atoms with E-state index >= 15 is 0 Å². The Morgan fingerprint density at radius 2 is 1.57 bits per heavy atom. The number of piperidine rings is 1. The number of piperazine rings is 1. The average Bonchev–Trinajstić information content (AvgIpc) is 2.79. The van der Waals surface area contributed by atoms with Gasteiger partial charge in [0.25, 0.3) is 0 Å². The van der Waals surface area contributed by atoms with E-state index in [1.165, 1.54) is 0 Å². The van der Waals surface area contributed by atoms with Crippen LogP contribution in [-0.2, 0) is 20.8 Å². The van der Waals surface area contributed by atoms with E-state index in [0.29, 0.717) is 52.1 Å². The van der Waals surface area contributed by atoms with Gasteiger partial charge in [-0.2, -0.15) is 0 Å². The fraction of sp³-hybridized carbons (Fsp3) is 0.609. The zero-order chi connectivity index (χ0) is 21.5. The molecule has 2 fully saturated rings. The first-order valence-electron chi connectivity index (χ1n) is 11.0. The minimum atomic E-state index is -0.00490. The Balaban J connectivity index is 1.44. The molecule has 0 saturated carbocycles. The second-order valence-electron chi connectivity index (χ2n) is 8.14. The summed E-state index contributed by atoms with van der Waals surface area (Å²) in [6.45, 7) is 5.66. The summed E-state index contributed by atoms with van der Waals surface area (Å²) in [5.74, 6) is 1.20. The Kier molecular flexibility index (Phi) is 7.71. The predicted molar refractivity (Wildman–Crippen MR) is 114 cm³/mol. The number of carbonyl (C=O) groups excluding carboxylic acids is 3. The summed E-state index contributed by atoms with van der Waals surface area (Å²) >= 11 is 0. The normalized spacial score (nSPS) is 17.7. The third-order valence-corrected chi connectivity index (χ3v) is 6.09. The molecule has 0 spiro atoms. The van der Waals surface area contributed by atoms with Gasteiger partial charge in [0.15, 0.2) is 0 Å². The molecule has 0 aliphatic carbocycles. The summed E-state index contributed by atoms with van der Waals surface area (Å²) < 4.78 is 5.22. The molecule has 0 unspecified atom stereocenters. The zero-order valence-corrected chi connectivity index (χ0v) is 18.1. The fourth-order valence-electron chi connectivity index (χ4n) is 4.25. The van der Waals surface area contributed by atoms with Gasteiger partial charge in [-0.25, -0.2) is 0 Å². The number of hydrogen-bond acceptors (Lipinski definition) is 4. The molecule has 3 amide bonds. The molecule has 30 heavy (non-hydrogen) atoms. The highest BCUT2D eigenvalue weighted by Crippen LogP contribution is 2.22. The first-order chi connectivity index (χ1) is 14.5. The van der Waals surface area contributed by atoms with Crippen molar-refractivity contribution in [2.75, 3.05) is 46.4 Å². The van der Waals surface area contributed by atoms with Crippen LogP contribution in [0.4, 0.5) is 0 Å². The van der Waals surface area contributed by atoms with E-state index in [9.17, 15) is 14.4 Å². The summed E-state index contributed by atoms with van der Waals surface area (Å²) in [5.41, 5.74) is 0.933. The van der Waals surface area contributed by atoms with Crippen LogP contribution >= 0.6 is 0 Å². The second kappa shape index (κ2) is 10.5. The van der Waals surface area contributed by atoms with Crippen LogP contribution < -0.4 is 4.74 Å². The molecular weight excluding hydrogens is 382 g/mol. The SMILES string of the molecule is CCCC(=O)N1CCC(C(=O)N2CCN(C(=O)Cc3cccc(OC)c3)CC2)CC1. The van der Waals surface area contributed by atoms with Gasteiger partial charge < -0.3 is 19.4 Å². The fourth-order valence-corrected chi connectivity index (χ4v) is 4.25. The zero-order valence-electron chi connectivity index (χ0n) is 18.1. The third kappa shape index (κ3) is 5.52. The number of nitrogens with zero attached hydrogens (tertiary/aromatic N) is 3. The maximum Gasteiger partial charge on any atom is 0.227 e. The number of hydrogen-bond donors (Lipinski definition) is 0. The molecule has 0 bridgehead atoms. The van der Waals surface area contributed by atoms with Crippen molar-refractivity contribution in [3.63, 3.8) is 0 Å². The Labute approximate surface area is 179 Å². The molecular formula is C23H33N3O4. The van der Waals surface area contributed by atoms with Crippen LogP contribution in [0.1, 0.15) is 38.2 Å². The summed E-state index contributed by atoms with van der Waals surface area (Å²) in [5, 5.41) is 0. The summed E-state index contributed by atoms with van der Waals surface area (Å²) in [4.78, 5) is 43.2. The lowest BCUT2D eigenvalue weighted by molar-refractivity contribution is -0.144. The number of methoxy groups -OCH3 is 1. The van der Waals surface area contributed by atoms with Crippen LogP contribution in [0.25, 0.3) is 0 Å². The summed E-state index contributed by atoms with van der Waals surface area (Å²) in [6.07, 6.45) is 3.27. The van der Waals surface area contributed by atoms with Crippen LogP contribution in [0.3, 0.4) is 0 Å². The van der Waals surface area contributed by atoms with Crippen molar-refractivity contribution in [1.82, 2.24) is 14.7 Å². The quantitative estimate of drug-likeness (QED) is 0.712. The second-order valence-corrected chi connectivity index (χ2v) is 8.14. The Morgan fingerprint density at radius 3 is 2.20 bits per heavy atom. The number of carbonyl (C=O) groups is 3. The van der Waals surface area contributed by atoms with Gasteiger partial charge in [0.2, 0.25) is 17.7 Å². The standard InChI is InChI=1S/C23H33N3O4/c1-3-5-21(27)24-10-8-19(9-11-24)23(29)26-14-12-25(13-15-26)22(28)17-18-6-4-7-20(16-18)30-2/h4,6-7,16,19H,3,5,8-15,17H2,1-2H3. The highest BCUT2D eigenvalue weighted by atomic mass is 16.5. The summed E-state index contributed by atoms with van der Waals surface area (Å²) in [7, 11) is 1.62. The third-order valence-electron chi connectivity index (χ3n) is 6.09. The number of ether oxygens (including phenoxy) is 1. The van der Waals surface area contributed by atoms with E-state index in [2.05, 4.69) is 0 Å². The van der Waals surface area contributed by atoms with E-state index in [1.807, 2.05) is 45.9 Å². The molecule has 0 N–H and O–H groups in total. The predicted octanol–water partition coefficient (Wildman–Crippen LogP) is 1.95. The number of likely N-dealkylation sites (tertiary alicyclic amines) is 1. The molecule has 164 valence electrons. The van der Waals surface area contributed by atoms with Gasteiger partial charge in [-0.1, -0.05) is 19.1 Å². The highest BCUT2D eigenvalue weighted by Gasteiger charge is 2.32. The smallest absolute Gasteiger partial charge is 0.227 e. The van der Waals surface area contributed by atoms with Crippen molar-refractivity contribution < 1.29 is 19.1 Å². The minimum absolute atomic E-state index is 0.00490. The van der Waals surface area contributed by atoms with Gasteiger partial charge in [-0.15, -0.1) is 0 Å². The molecule has 2 heterocycles. The van der Waals surface area contributed by atoms with Gasteiger partial charge in [0, 0.05) is 51.6 Å². The van der Waals surface area contributed by atoms with Crippen molar-refractivity contribution in [2.24, 2.45) is 5.92 Å². The van der Waals surface area contributed by atoms with Crippen LogP contribution in [0.2, 0.25) is 0 Å². The molecule has 3 rings (SSSR count). The number of rotatable bonds is 6. The van der Waals surface area contributed by atoms with Gasteiger partial charge >= 0.3 is 0 Å². The maximum absolute atomic E-state index is 12.9. The lowest BCUT2D eigenvalue weighted by Crippen LogP contribution is -2.53. The number of amides is 3. The van der Waals surface area contributed by atoms with Crippen molar-refractivity contribution in [2.45, 2.75) is 39.0 Å². The van der Waals surface area contributed by atoms with Gasteiger partial charge in [0.1, 0.15) is 5.75 Å². The summed E-state index contributed by atoms with van der Waals surface area (Å²) in [6, 6.07) is 7.56. The largest absolute Gasteiger partial charge is 0.497 e. The molecule has 2 aliphatic rings.